The second-order valence-corrected chi connectivity index (χ2v) is 8.77. The summed E-state index contributed by atoms with van der Waals surface area (Å²) in [5, 5.41) is 6.19. The fraction of sp³-hybridized carbons (Fsp3) is 0.611. The minimum absolute atomic E-state index is 0.106. The quantitative estimate of drug-likeness (QED) is 0.617. The van der Waals surface area contributed by atoms with E-state index >= 15 is 0 Å². The molecule has 0 saturated carbocycles. The maximum Gasteiger partial charge on any atom is 0.241 e. The van der Waals surface area contributed by atoms with E-state index in [2.05, 4.69) is 15.4 Å². The lowest BCUT2D eigenvalue weighted by atomic mass is 9.79. The summed E-state index contributed by atoms with van der Waals surface area (Å²) in [6, 6.07) is 5.66. The zero-order valence-corrected chi connectivity index (χ0v) is 16.5. The van der Waals surface area contributed by atoms with Crippen LogP contribution in [0.25, 0.3) is 0 Å². The van der Waals surface area contributed by atoms with Gasteiger partial charge in [0.25, 0.3) is 0 Å². The lowest BCUT2D eigenvalue weighted by Gasteiger charge is -2.37. The van der Waals surface area contributed by atoms with Gasteiger partial charge in [-0.1, -0.05) is 17.7 Å². The predicted octanol–water partition coefficient (Wildman–Crippen LogP) is 0.794. The van der Waals surface area contributed by atoms with Gasteiger partial charge in [-0.15, -0.1) is 0 Å². The number of ether oxygens (including phenoxy) is 1. The molecule has 1 unspecified atom stereocenters. The average Bonchev–Trinajstić information content (AvgIpc) is 2.61. The van der Waals surface area contributed by atoms with Gasteiger partial charge in [-0.3, -0.25) is 4.79 Å². The lowest BCUT2D eigenvalue weighted by Crippen LogP contribution is -2.51. The number of amides is 1. The van der Waals surface area contributed by atoms with Gasteiger partial charge in [0, 0.05) is 19.1 Å². The van der Waals surface area contributed by atoms with Gasteiger partial charge >= 0.3 is 0 Å². The van der Waals surface area contributed by atoms with E-state index in [0.29, 0.717) is 13.2 Å². The van der Waals surface area contributed by atoms with Gasteiger partial charge in [-0.25, -0.2) is 8.42 Å². The first kappa shape index (κ1) is 20.8. The Morgan fingerprint density at radius 3 is 2.46 bits per heavy atom. The Morgan fingerprint density at radius 2 is 1.88 bits per heavy atom. The van der Waals surface area contributed by atoms with Crippen LogP contribution < -0.4 is 15.4 Å². The second kappa shape index (κ2) is 8.94. The lowest BCUT2D eigenvalue weighted by molar-refractivity contribution is -0.123. The van der Waals surface area contributed by atoms with Crippen LogP contribution in [0, 0.1) is 12.3 Å². The summed E-state index contributed by atoms with van der Waals surface area (Å²) in [6.07, 6.45) is 1.81. The molecule has 1 aliphatic heterocycles. The van der Waals surface area contributed by atoms with Crippen LogP contribution in [0.4, 0.5) is 0 Å². The molecule has 0 aromatic heterocycles. The van der Waals surface area contributed by atoms with E-state index in [1.165, 1.54) is 12.1 Å². The number of nitrogens with one attached hydrogen (secondary N) is 3. The molecule has 1 aromatic carbocycles. The van der Waals surface area contributed by atoms with Gasteiger partial charge in [0.15, 0.2) is 0 Å². The molecule has 1 aromatic rings. The predicted molar refractivity (Wildman–Crippen MR) is 100 cm³/mol. The Hall–Kier alpha value is -1.48. The molecule has 1 fully saturated rings. The van der Waals surface area contributed by atoms with Crippen LogP contribution in [0.2, 0.25) is 0 Å². The standard InChI is InChI=1S/C18H29N3O4S/c1-14-4-6-16(7-5-14)26(23,24)21-15(2)17(22)20-12-18(13-25-3)8-10-19-11-9-18/h4-7,15,19,21H,8-13H2,1-3H3,(H,20,22). The number of carbonyl (C=O) groups excluding carboxylic acids is 1. The Labute approximate surface area is 155 Å². The largest absolute Gasteiger partial charge is 0.384 e. The molecule has 1 aliphatic rings. The molecule has 1 saturated heterocycles. The summed E-state index contributed by atoms with van der Waals surface area (Å²) in [5.74, 6) is -0.338. The molecule has 26 heavy (non-hydrogen) atoms. The molecule has 2 rings (SSSR count). The van der Waals surface area contributed by atoms with E-state index in [1.54, 1.807) is 26.2 Å². The van der Waals surface area contributed by atoms with Crippen molar-refractivity contribution in [2.24, 2.45) is 5.41 Å². The van der Waals surface area contributed by atoms with E-state index in [4.69, 9.17) is 4.74 Å². The molecule has 0 radical (unpaired) electrons. The number of rotatable bonds is 8. The van der Waals surface area contributed by atoms with Crippen molar-refractivity contribution in [1.29, 1.82) is 0 Å². The Kier molecular flexibility index (Phi) is 7.16. The van der Waals surface area contributed by atoms with Crippen molar-refractivity contribution in [1.82, 2.24) is 15.4 Å². The Bertz CT molecular complexity index is 692. The molecule has 0 bridgehead atoms. The summed E-state index contributed by atoms with van der Waals surface area (Å²) >= 11 is 0. The molecule has 1 atom stereocenters. The average molecular weight is 384 g/mol. The summed E-state index contributed by atoms with van der Waals surface area (Å²) in [4.78, 5) is 12.6. The summed E-state index contributed by atoms with van der Waals surface area (Å²) in [7, 11) is -2.08. The molecule has 1 amide bonds. The molecular formula is C18H29N3O4S. The zero-order chi connectivity index (χ0) is 19.2. The van der Waals surface area contributed by atoms with Crippen LogP contribution in [0.15, 0.2) is 29.2 Å². The van der Waals surface area contributed by atoms with Crippen LogP contribution in [-0.4, -0.2) is 53.7 Å². The number of aryl methyl sites for hydroxylation is 1. The van der Waals surface area contributed by atoms with E-state index in [-0.39, 0.29) is 16.2 Å². The Balaban J connectivity index is 1.95. The molecular weight excluding hydrogens is 354 g/mol. The van der Waals surface area contributed by atoms with Gasteiger partial charge in [0.05, 0.1) is 17.5 Å². The van der Waals surface area contributed by atoms with Crippen LogP contribution in [0.3, 0.4) is 0 Å². The van der Waals surface area contributed by atoms with E-state index in [0.717, 1.165) is 31.5 Å². The number of hydrogen-bond acceptors (Lipinski definition) is 5. The van der Waals surface area contributed by atoms with Crippen molar-refractivity contribution < 1.29 is 17.9 Å². The fourth-order valence-corrected chi connectivity index (χ4v) is 4.34. The van der Waals surface area contributed by atoms with Gasteiger partial charge in [0.2, 0.25) is 15.9 Å². The van der Waals surface area contributed by atoms with Gasteiger partial charge in [-0.05, 0) is 51.9 Å². The number of methoxy groups -OCH3 is 1. The third kappa shape index (κ3) is 5.51. The first-order valence-corrected chi connectivity index (χ1v) is 10.3. The SMILES string of the molecule is COCC1(CNC(=O)C(C)NS(=O)(=O)c2ccc(C)cc2)CCNCC1. The third-order valence-corrected chi connectivity index (χ3v) is 6.37. The number of hydrogen-bond donors (Lipinski definition) is 3. The number of sulfonamides is 1. The Morgan fingerprint density at radius 1 is 1.27 bits per heavy atom. The molecule has 0 spiro atoms. The van der Waals surface area contributed by atoms with E-state index < -0.39 is 16.1 Å². The van der Waals surface area contributed by atoms with Gasteiger partial charge in [0.1, 0.15) is 0 Å². The van der Waals surface area contributed by atoms with Crippen LogP contribution in [0.5, 0.6) is 0 Å². The topological polar surface area (TPSA) is 96.5 Å². The van der Waals surface area contributed by atoms with Gasteiger partial charge in [-0.2, -0.15) is 4.72 Å². The number of piperidine rings is 1. The monoisotopic (exact) mass is 383 g/mol. The van der Waals surface area contributed by atoms with Crippen molar-refractivity contribution in [2.75, 3.05) is 33.4 Å². The van der Waals surface area contributed by atoms with Crippen LogP contribution in [-0.2, 0) is 19.6 Å². The van der Waals surface area contributed by atoms with Crippen molar-refractivity contribution in [3.8, 4) is 0 Å². The maximum atomic E-state index is 12.4. The van der Waals surface area contributed by atoms with Crippen molar-refractivity contribution in [3.63, 3.8) is 0 Å². The minimum atomic E-state index is -3.74. The third-order valence-electron chi connectivity index (χ3n) is 4.81. The first-order chi connectivity index (χ1) is 12.3. The summed E-state index contributed by atoms with van der Waals surface area (Å²) < 4.78 is 32.6. The molecule has 1 heterocycles. The molecule has 7 nitrogen and oxygen atoms in total. The van der Waals surface area contributed by atoms with Crippen molar-refractivity contribution >= 4 is 15.9 Å². The molecule has 3 N–H and O–H groups in total. The highest BCUT2D eigenvalue weighted by Crippen LogP contribution is 2.28. The first-order valence-electron chi connectivity index (χ1n) is 8.84. The highest BCUT2D eigenvalue weighted by atomic mass is 32.2. The van der Waals surface area contributed by atoms with Crippen LogP contribution in [0.1, 0.15) is 25.3 Å². The van der Waals surface area contributed by atoms with E-state index in [9.17, 15) is 13.2 Å². The molecule has 0 aliphatic carbocycles. The molecule has 8 heteroatoms. The molecule has 146 valence electrons. The number of carbonyl (C=O) groups is 1. The van der Waals surface area contributed by atoms with Crippen molar-refractivity contribution in [3.05, 3.63) is 29.8 Å². The minimum Gasteiger partial charge on any atom is -0.384 e. The zero-order valence-electron chi connectivity index (χ0n) is 15.7. The van der Waals surface area contributed by atoms with E-state index in [1.807, 2.05) is 6.92 Å². The number of benzene rings is 1. The smallest absolute Gasteiger partial charge is 0.241 e. The van der Waals surface area contributed by atoms with Crippen molar-refractivity contribution in [2.45, 2.75) is 37.6 Å². The second-order valence-electron chi connectivity index (χ2n) is 7.06. The normalized spacial score (nSPS) is 18.3. The van der Waals surface area contributed by atoms with Crippen LogP contribution >= 0.6 is 0 Å². The maximum absolute atomic E-state index is 12.4. The fourth-order valence-electron chi connectivity index (χ4n) is 3.13. The highest BCUT2D eigenvalue weighted by molar-refractivity contribution is 7.89. The highest BCUT2D eigenvalue weighted by Gasteiger charge is 2.33. The summed E-state index contributed by atoms with van der Waals surface area (Å²) in [5.41, 5.74) is 0.866. The summed E-state index contributed by atoms with van der Waals surface area (Å²) in [6.45, 7) is 6.24. The van der Waals surface area contributed by atoms with Gasteiger partial charge < -0.3 is 15.4 Å².